The molecule has 2 aromatic rings. The first-order valence-electron chi connectivity index (χ1n) is 5.18. The van der Waals surface area contributed by atoms with Crippen molar-refractivity contribution in [2.45, 2.75) is 13.1 Å². The molecule has 0 fully saturated rings. The molecule has 0 radical (unpaired) electrons. The minimum Gasteiger partial charge on any atom is -0.477 e. The third kappa shape index (κ3) is 3.37. The number of nitrogens with one attached hydrogen (secondary N) is 1. The molecule has 2 rings (SSSR count). The molecule has 5 heteroatoms. The van der Waals surface area contributed by atoms with Gasteiger partial charge in [-0.1, -0.05) is 30.3 Å². The summed E-state index contributed by atoms with van der Waals surface area (Å²) in [4.78, 5) is 15.0. The molecule has 0 saturated carbocycles. The first kappa shape index (κ1) is 11.8. The molecule has 4 nitrogen and oxygen atoms in total. The Morgan fingerprint density at radius 2 is 2.06 bits per heavy atom. The molecule has 2 N–H and O–H groups in total. The van der Waals surface area contributed by atoms with Crippen molar-refractivity contribution >= 4 is 17.3 Å². The molecule has 0 aliphatic heterocycles. The molecule has 0 bridgehead atoms. The number of rotatable bonds is 5. The second kappa shape index (κ2) is 5.56. The van der Waals surface area contributed by atoms with Crippen molar-refractivity contribution in [2.24, 2.45) is 0 Å². The lowest BCUT2D eigenvalue weighted by atomic mass is 10.2. The van der Waals surface area contributed by atoms with E-state index in [1.165, 1.54) is 23.1 Å². The third-order valence-corrected chi connectivity index (χ3v) is 3.20. The molecular formula is C12H12N2O2S. The van der Waals surface area contributed by atoms with Gasteiger partial charge in [-0.3, -0.25) is 0 Å². The monoisotopic (exact) mass is 248 g/mol. The van der Waals surface area contributed by atoms with Crippen molar-refractivity contribution < 1.29 is 9.90 Å². The molecule has 0 saturated heterocycles. The Bertz CT molecular complexity index is 496. The number of nitrogens with zero attached hydrogens (tertiary/aromatic N) is 1. The highest BCUT2D eigenvalue weighted by molar-refractivity contribution is 7.13. The van der Waals surface area contributed by atoms with E-state index in [9.17, 15) is 4.79 Å². The average molecular weight is 248 g/mol. The Morgan fingerprint density at radius 3 is 2.71 bits per heavy atom. The van der Waals surface area contributed by atoms with Crippen molar-refractivity contribution in [3.8, 4) is 0 Å². The predicted octanol–water partition coefficient (Wildman–Crippen LogP) is 2.13. The maximum Gasteiger partial charge on any atom is 0.347 e. The zero-order chi connectivity index (χ0) is 12.1. The van der Waals surface area contributed by atoms with Crippen LogP contribution in [0.1, 0.15) is 20.2 Å². The number of hydrogen-bond donors (Lipinski definition) is 2. The normalized spacial score (nSPS) is 10.4. The van der Waals surface area contributed by atoms with Gasteiger partial charge in [0.1, 0.15) is 9.88 Å². The standard InChI is InChI=1S/C12H12N2O2S/c15-12(16)10-7-14-11(17-10)8-13-6-9-4-2-1-3-5-9/h1-5,7,13H,6,8H2,(H,15,16). The lowest BCUT2D eigenvalue weighted by Gasteiger charge is -2.01. The Morgan fingerprint density at radius 1 is 1.29 bits per heavy atom. The second-order valence-corrected chi connectivity index (χ2v) is 4.63. The lowest BCUT2D eigenvalue weighted by molar-refractivity contribution is 0.0702. The summed E-state index contributed by atoms with van der Waals surface area (Å²) >= 11 is 1.20. The Kier molecular flexibility index (Phi) is 3.85. The molecule has 0 aliphatic rings. The second-order valence-electron chi connectivity index (χ2n) is 3.51. The van der Waals surface area contributed by atoms with Crippen LogP contribution in [0.3, 0.4) is 0 Å². The van der Waals surface area contributed by atoms with Crippen LogP contribution in [0.15, 0.2) is 36.5 Å². The maximum atomic E-state index is 10.7. The fraction of sp³-hybridized carbons (Fsp3) is 0.167. The van der Waals surface area contributed by atoms with E-state index in [0.29, 0.717) is 6.54 Å². The topological polar surface area (TPSA) is 62.2 Å². The number of carboxylic acids is 1. The van der Waals surface area contributed by atoms with Gasteiger partial charge in [0.05, 0.1) is 6.20 Å². The molecule has 0 unspecified atom stereocenters. The first-order valence-corrected chi connectivity index (χ1v) is 6.00. The first-order chi connectivity index (χ1) is 8.25. The van der Waals surface area contributed by atoms with E-state index in [1.807, 2.05) is 30.3 Å². The van der Waals surface area contributed by atoms with E-state index in [0.717, 1.165) is 11.6 Å². The van der Waals surface area contributed by atoms with E-state index < -0.39 is 5.97 Å². The number of aromatic carboxylic acids is 1. The molecule has 0 amide bonds. The summed E-state index contributed by atoms with van der Waals surface area (Å²) in [7, 11) is 0. The maximum absolute atomic E-state index is 10.7. The number of aromatic nitrogens is 1. The fourth-order valence-electron chi connectivity index (χ4n) is 1.40. The van der Waals surface area contributed by atoms with Gasteiger partial charge in [0.2, 0.25) is 0 Å². The largest absolute Gasteiger partial charge is 0.477 e. The van der Waals surface area contributed by atoms with Crippen LogP contribution >= 0.6 is 11.3 Å². The van der Waals surface area contributed by atoms with Gasteiger partial charge in [-0.2, -0.15) is 0 Å². The fourth-order valence-corrected chi connectivity index (χ4v) is 2.13. The van der Waals surface area contributed by atoms with E-state index in [2.05, 4.69) is 10.3 Å². The van der Waals surface area contributed by atoms with Crippen LogP contribution in [-0.4, -0.2) is 16.1 Å². The van der Waals surface area contributed by atoms with E-state index in [1.54, 1.807) is 0 Å². The summed E-state index contributed by atoms with van der Waals surface area (Å²) < 4.78 is 0. The van der Waals surface area contributed by atoms with E-state index in [-0.39, 0.29) is 4.88 Å². The zero-order valence-corrected chi connectivity index (χ0v) is 9.91. The Hall–Kier alpha value is -1.72. The van der Waals surface area contributed by atoms with E-state index >= 15 is 0 Å². The summed E-state index contributed by atoms with van der Waals surface area (Å²) in [6.07, 6.45) is 1.40. The summed E-state index contributed by atoms with van der Waals surface area (Å²) in [6.45, 7) is 1.34. The van der Waals surface area contributed by atoms with Crippen LogP contribution in [0.25, 0.3) is 0 Å². The minimum absolute atomic E-state index is 0.279. The highest BCUT2D eigenvalue weighted by atomic mass is 32.1. The number of hydrogen-bond acceptors (Lipinski definition) is 4. The lowest BCUT2D eigenvalue weighted by Crippen LogP contribution is -2.12. The molecule has 88 valence electrons. The van der Waals surface area contributed by atoms with Gasteiger partial charge < -0.3 is 10.4 Å². The van der Waals surface area contributed by atoms with Gasteiger partial charge in [0.25, 0.3) is 0 Å². The number of carbonyl (C=O) groups is 1. The van der Waals surface area contributed by atoms with Crippen LogP contribution in [0.4, 0.5) is 0 Å². The molecule has 0 atom stereocenters. The summed E-state index contributed by atoms with van der Waals surface area (Å²) in [5, 5.41) is 12.8. The van der Waals surface area contributed by atoms with Crippen molar-refractivity contribution in [2.75, 3.05) is 0 Å². The van der Waals surface area contributed by atoms with Crippen LogP contribution in [0, 0.1) is 0 Å². The molecule has 1 aromatic heterocycles. The van der Waals surface area contributed by atoms with Gasteiger partial charge in [0, 0.05) is 13.1 Å². The van der Waals surface area contributed by atoms with Crippen LogP contribution < -0.4 is 5.32 Å². The summed E-state index contributed by atoms with van der Waals surface area (Å²) in [5.74, 6) is -0.920. The van der Waals surface area contributed by atoms with Gasteiger partial charge >= 0.3 is 5.97 Å². The molecule has 1 aromatic carbocycles. The Labute approximate surface area is 103 Å². The number of benzene rings is 1. The molecule has 0 spiro atoms. The van der Waals surface area contributed by atoms with Crippen molar-refractivity contribution in [1.29, 1.82) is 0 Å². The molecule has 1 heterocycles. The average Bonchev–Trinajstić information content (AvgIpc) is 2.79. The van der Waals surface area contributed by atoms with Gasteiger partial charge in [-0.25, -0.2) is 9.78 Å². The Balaban J connectivity index is 1.84. The summed E-state index contributed by atoms with van der Waals surface area (Å²) in [6, 6.07) is 10.0. The smallest absolute Gasteiger partial charge is 0.347 e. The molecular weight excluding hydrogens is 236 g/mol. The zero-order valence-electron chi connectivity index (χ0n) is 9.09. The van der Waals surface area contributed by atoms with Gasteiger partial charge in [-0.05, 0) is 5.56 Å². The minimum atomic E-state index is -0.920. The van der Waals surface area contributed by atoms with Crippen molar-refractivity contribution in [3.63, 3.8) is 0 Å². The van der Waals surface area contributed by atoms with Crippen LogP contribution in [0.2, 0.25) is 0 Å². The third-order valence-electron chi connectivity index (χ3n) is 2.21. The van der Waals surface area contributed by atoms with Gasteiger partial charge in [-0.15, -0.1) is 11.3 Å². The molecule has 17 heavy (non-hydrogen) atoms. The molecule has 0 aliphatic carbocycles. The van der Waals surface area contributed by atoms with E-state index in [4.69, 9.17) is 5.11 Å². The highest BCUT2D eigenvalue weighted by Gasteiger charge is 2.07. The quantitative estimate of drug-likeness (QED) is 0.851. The summed E-state index contributed by atoms with van der Waals surface area (Å²) in [5.41, 5.74) is 1.20. The SMILES string of the molecule is O=C(O)c1cnc(CNCc2ccccc2)s1. The predicted molar refractivity (Wildman–Crippen MR) is 66.1 cm³/mol. The highest BCUT2D eigenvalue weighted by Crippen LogP contribution is 2.12. The van der Waals surface area contributed by atoms with Crippen LogP contribution in [0.5, 0.6) is 0 Å². The number of thiazole rings is 1. The van der Waals surface area contributed by atoms with Gasteiger partial charge in [0.15, 0.2) is 0 Å². The van der Waals surface area contributed by atoms with Crippen LogP contribution in [-0.2, 0) is 13.1 Å². The number of carboxylic acid groups (broad SMARTS) is 1. The van der Waals surface area contributed by atoms with Crippen molar-refractivity contribution in [1.82, 2.24) is 10.3 Å². The van der Waals surface area contributed by atoms with Crippen molar-refractivity contribution in [3.05, 3.63) is 52.0 Å².